The first kappa shape index (κ1) is 13.7. The fraction of sp³-hybridized carbons (Fsp3) is 0.600. The smallest absolute Gasteiger partial charge is 0.0460 e. The topological polar surface area (TPSA) is 23.5 Å². The molecule has 100 valence electrons. The van der Waals surface area contributed by atoms with Gasteiger partial charge in [0.15, 0.2) is 0 Å². The molecule has 3 heteroatoms. The number of aryl methyl sites for hydroxylation is 1. The predicted molar refractivity (Wildman–Crippen MR) is 77.4 cm³/mol. The van der Waals surface area contributed by atoms with E-state index in [-0.39, 0.29) is 5.54 Å². The van der Waals surface area contributed by atoms with Crippen LogP contribution in [0, 0.1) is 12.8 Å². The lowest BCUT2D eigenvalue weighted by atomic mass is 9.82. The van der Waals surface area contributed by atoms with Gasteiger partial charge < -0.3 is 10.0 Å². The molecule has 1 saturated heterocycles. The molecule has 0 bridgehead atoms. The number of anilines is 1. The van der Waals surface area contributed by atoms with E-state index in [4.69, 9.17) is 11.6 Å². The van der Waals surface area contributed by atoms with E-state index in [1.165, 1.54) is 11.3 Å². The average Bonchev–Trinajstić information content (AvgIpc) is 2.29. The number of halogens is 1. The van der Waals surface area contributed by atoms with E-state index < -0.39 is 0 Å². The molecule has 2 nitrogen and oxygen atoms in total. The highest BCUT2D eigenvalue weighted by Gasteiger charge is 2.35. The summed E-state index contributed by atoms with van der Waals surface area (Å²) in [5, 5.41) is 10.1. The summed E-state index contributed by atoms with van der Waals surface area (Å²) in [6, 6.07) is 6.09. The number of piperidine rings is 1. The third kappa shape index (κ3) is 2.65. The van der Waals surface area contributed by atoms with Crippen molar-refractivity contribution in [1.82, 2.24) is 0 Å². The van der Waals surface area contributed by atoms with Crippen molar-refractivity contribution >= 4 is 17.3 Å². The van der Waals surface area contributed by atoms with Gasteiger partial charge in [0, 0.05) is 29.4 Å². The minimum atomic E-state index is 0.0875. The fourth-order valence-electron chi connectivity index (χ4n) is 3.06. The number of aliphatic hydroxyl groups is 1. The molecule has 1 aromatic rings. The maximum atomic E-state index is 9.34. The summed E-state index contributed by atoms with van der Waals surface area (Å²) >= 11 is 6.02. The number of aliphatic hydroxyl groups excluding tert-OH is 1. The van der Waals surface area contributed by atoms with Gasteiger partial charge in [0.05, 0.1) is 0 Å². The molecular weight excluding hydrogens is 246 g/mol. The molecule has 0 spiro atoms. The number of hydrogen-bond donors (Lipinski definition) is 1. The molecule has 2 rings (SSSR count). The second kappa shape index (κ2) is 5.10. The summed E-state index contributed by atoms with van der Waals surface area (Å²) in [6.07, 6.45) is 2.09. The minimum absolute atomic E-state index is 0.0875. The first-order valence-corrected chi connectivity index (χ1v) is 6.96. The van der Waals surface area contributed by atoms with E-state index in [9.17, 15) is 5.11 Å². The first-order valence-electron chi connectivity index (χ1n) is 6.58. The zero-order valence-corrected chi connectivity index (χ0v) is 12.2. The fourth-order valence-corrected chi connectivity index (χ4v) is 3.28. The van der Waals surface area contributed by atoms with E-state index in [0.29, 0.717) is 12.5 Å². The Balaban J connectivity index is 2.27. The molecule has 18 heavy (non-hydrogen) atoms. The van der Waals surface area contributed by atoms with Crippen LogP contribution in [0.2, 0.25) is 5.02 Å². The Labute approximate surface area is 115 Å². The van der Waals surface area contributed by atoms with Crippen molar-refractivity contribution in [1.29, 1.82) is 0 Å². The highest BCUT2D eigenvalue weighted by atomic mass is 35.5. The van der Waals surface area contributed by atoms with Crippen LogP contribution >= 0.6 is 11.6 Å². The Morgan fingerprint density at radius 2 is 2.17 bits per heavy atom. The molecule has 1 aliphatic rings. The zero-order valence-electron chi connectivity index (χ0n) is 11.4. The quantitative estimate of drug-likeness (QED) is 0.884. The van der Waals surface area contributed by atoms with E-state index >= 15 is 0 Å². The Bertz CT molecular complexity index is 431. The minimum Gasteiger partial charge on any atom is -0.396 e. The Morgan fingerprint density at radius 3 is 2.72 bits per heavy atom. The average molecular weight is 268 g/mol. The maximum Gasteiger partial charge on any atom is 0.0460 e. The van der Waals surface area contributed by atoms with Gasteiger partial charge in [-0.3, -0.25) is 0 Å². The lowest BCUT2D eigenvalue weighted by Crippen LogP contribution is -2.51. The molecule has 0 aromatic heterocycles. The van der Waals surface area contributed by atoms with Gasteiger partial charge in [-0.15, -0.1) is 0 Å². The Morgan fingerprint density at radius 1 is 1.44 bits per heavy atom. The van der Waals surface area contributed by atoms with Crippen LogP contribution < -0.4 is 4.90 Å². The molecule has 0 amide bonds. The van der Waals surface area contributed by atoms with Crippen molar-refractivity contribution in [3.8, 4) is 0 Å². The molecule has 1 unspecified atom stereocenters. The summed E-state index contributed by atoms with van der Waals surface area (Å²) in [5.74, 6) is 0.434. The molecule has 1 fully saturated rings. The van der Waals surface area contributed by atoms with Gasteiger partial charge in [-0.2, -0.15) is 0 Å². The summed E-state index contributed by atoms with van der Waals surface area (Å²) in [7, 11) is 0. The molecule has 1 atom stereocenters. The van der Waals surface area contributed by atoms with Gasteiger partial charge in [0.2, 0.25) is 0 Å². The maximum absolute atomic E-state index is 9.34. The van der Waals surface area contributed by atoms with Crippen molar-refractivity contribution < 1.29 is 5.11 Å². The lowest BCUT2D eigenvalue weighted by molar-refractivity contribution is 0.166. The highest BCUT2D eigenvalue weighted by molar-refractivity contribution is 6.30. The van der Waals surface area contributed by atoms with Gasteiger partial charge >= 0.3 is 0 Å². The van der Waals surface area contributed by atoms with Crippen LogP contribution in [-0.4, -0.2) is 23.8 Å². The molecular formula is C15H22ClNO. The van der Waals surface area contributed by atoms with Crippen LogP contribution in [0.3, 0.4) is 0 Å². The molecule has 1 N–H and O–H groups in total. The van der Waals surface area contributed by atoms with E-state index in [0.717, 1.165) is 24.4 Å². The normalized spacial score (nSPS) is 23.2. The Kier molecular flexibility index (Phi) is 3.88. The standard InChI is InChI=1S/C15H22ClNO/c1-11-8-13(16)4-5-14(11)17-7-6-12(10-18)9-15(17,2)3/h4-5,8,12,18H,6-7,9-10H2,1-3H3. The van der Waals surface area contributed by atoms with Crippen LogP contribution in [-0.2, 0) is 0 Å². The van der Waals surface area contributed by atoms with E-state index in [1.54, 1.807) is 0 Å². The largest absolute Gasteiger partial charge is 0.396 e. The predicted octanol–water partition coefficient (Wildman–Crippen LogP) is 3.64. The summed E-state index contributed by atoms with van der Waals surface area (Å²) in [6.45, 7) is 7.92. The monoisotopic (exact) mass is 267 g/mol. The second-order valence-electron chi connectivity index (χ2n) is 5.94. The van der Waals surface area contributed by atoms with Crippen LogP contribution in [0.5, 0.6) is 0 Å². The second-order valence-corrected chi connectivity index (χ2v) is 6.37. The molecule has 0 aliphatic carbocycles. The summed E-state index contributed by atoms with van der Waals surface area (Å²) < 4.78 is 0. The van der Waals surface area contributed by atoms with E-state index in [2.05, 4.69) is 31.7 Å². The van der Waals surface area contributed by atoms with Gasteiger partial charge in [-0.05, 0) is 63.3 Å². The van der Waals surface area contributed by atoms with Crippen molar-refractivity contribution in [3.05, 3.63) is 28.8 Å². The zero-order chi connectivity index (χ0) is 13.3. The Hall–Kier alpha value is -0.730. The molecule has 1 heterocycles. The van der Waals surface area contributed by atoms with E-state index in [1.807, 2.05) is 12.1 Å². The van der Waals surface area contributed by atoms with Crippen molar-refractivity contribution in [2.75, 3.05) is 18.1 Å². The van der Waals surface area contributed by atoms with Gasteiger partial charge in [0.25, 0.3) is 0 Å². The third-order valence-electron chi connectivity index (χ3n) is 3.99. The lowest BCUT2D eigenvalue weighted by Gasteiger charge is -2.47. The van der Waals surface area contributed by atoms with Crippen LogP contribution in [0.15, 0.2) is 18.2 Å². The van der Waals surface area contributed by atoms with Crippen LogP contribution in [0.25, 0.3) is 0 Å². The molecule has 1 aliphatic heterocycles. The SMILES string of the molecule is Cc1cc(Cl)ccc1N1CCC(CO)CC1(C)C. The number of hydrogen-bond acceptors (Lipinski definition) is 2. The van der Waals surface area contributed by atoms with Gasteiger partial charge in [-0.25, -0.2) is 0 Å². The summed E-state index contributed by atoms with van der Waals surface area (Å²) in [4.78, 5) is 2.45. The molecule has 0 saturated carbocycles. The van der Waals surface area contributed by atoms with Gasteiger partial charge in [0.1, 0.15) is 0 Å². The van der Waals surface area contributed by atoms with Crippen molar-refractivity contribution in [2.24, 2.45) is 5.92 Å². The first-order chi connectivity index (χ1) is 8.44. The number of benzene rings is 1. The molecule has 1 aromatic carbocycles. The number of nitrogens with zero attached hydrogens (tertiary/aromatic N) is 1. The number of rotatable bonds is 2. The van der Waals surface area contributed by atoms with Gasteiger partial charge in [-0.1, -0.05) is 11.6 Å². The molecule has 0 radical (unpaired) electrons. The highest BCUT2D eigenvalue weighted by Crippen LogP contribution is 2.37. The van der Waals surface area contributed by atoms with Crippen molar-refractivity contribution in [2.45, 2.75) is 39.2 Å². The third-order valence-corrected chi connectivity index (χ3v) is 4.22. The van der Waals surface area contributed by atoms with Crippen LogP contribution in [0.4, 0.5) is 5.69 Å². The van der Waals surface area contributed by atoms with Crippen molar-refractivity contribution in [3.63, 3.8) is 0 Å². The summed E-state index contributed by atoms with van der Waals surface area (Å²) in [5.41, 5.74) is 2.57. The van der Waals surface area contributed by atoms with Crippen LogP contribution in [0.1, 0.15) is 32.3 Å².